The van der Waals surface area contributed by atoms with Crippen molar-refractivity contribution in [3.05, 3.63) is 229 Å². The normalized spacial score (nSPS) is 14.2. The van der Waals surface area contributed by atoms with Crippen LogP contribution in [0.4, 0.5) is 0 Å². The Morgan fingerprint density at radius 1 is 0.421 bits per heavy atom. The van der Waals surface area contributed by atoms with Gasteiger partial charge in [-0.3, -0.25) is 0 Å². The monoisotopic (exact) mass is 724 g/mol. The van der Waals surface area contributed by atoms with E-state index in [1.54, 1.807) is 0 Å². The number of hydrogen-bond acceptors (Lipinski definition) is 2. The van der Waals surface area contributed by atoms with Gasteiger partial charge >= 0.3 is 0 Å². The van der Waals surface area contributed by atoms with Crippen LogP contribution in [0.1, 0.15) is 28.2 Å². The fraction of sp³-hybridized carbons (Fsp3) is 0.0182. The van der Waals surface area contributed by atoms with Crippen molar-refractivity contribution in [2.45, 2.75) is 5.92 Å². The van der Waals surface area contributed by atoms with Crippen molar-refractivity contribution >= 4 is 32.7 Å². The zero-order chi connectivity index (χ0) is 37.9. The molecule has 0 radical (unpaired) electrons. The molecule has 9 aromatic rings. The van der Waals surface area contributed by atoms with Crippen molar-refractivity contribution in [1.82, 2.24) is 9.97 Å². The molecular formula is C55H36N2. The minimum atomic E-state index is 0.108. The molecule has 1 unspecified atom stereocenters. The lowest BCUT2D eigenvalue weighted by Gasteiger charge is -2.19. The lowest BCUT2D eigenvalue weighted by Crippen LogP contribution is -2.00. The smallest absolute Gasteiger partial charge is 0.160 e. The summed E-state index contributed by atoms with van der Waals surface area (Å²) < 4.78 is 0. The second kappa shape index (κ2) is 13.4. The zero-order valence-corrected chi connectivity index (χ0v) is 31.2. The predicted molar refractivity (Wildman–Crippen MR) is 239 cm³/mol. The summed E-state index contributed by atoms with van der Waals surface area (Å²) >= 11 is 0. The van der Waals surface area contributed by atoms with Crippen LogP contribution in [-0.4, -0.2) is 9.97 Å². The quantitative estimate of drug-likeness (QED) is 0.171. The number of benzene rings is 8. The standard InChI is InChI=1S/C55H36N2/c1-35-53-47(43-25-12-20-36-15-8-9-21-41(36)43)27-14-28-48(53)50-33-49(45-22-10-11-23-46(45)54(35)50)44-26-13-24-42(44)37-29-31-39(32-30-37)52-34-51(38-16-4-2-5-17-38)56-55(57-52)40-18-6-3-7-19-40/h2-34,42H,1H2. The molecule has 8 aromatic carbocycles. The summed E-state index contributed by atoms with van der Waals surface area (Å²) in [5.41, 5.74) is 17.2. The van der Waals surface area contributed by atoms with Crippen LogP contribution in [0.25, 0.3) is 88.8 Å². The maximum atomic E-state index is 5.08. The van der Waals surface area contributed by atoms with Crippen molar-refractivity contribution in [2.24, 2.45) is 0 Å². The van der Waals surface area contributed by atoms with Crippen LogP contribution < -0.4 is 0 Å². The van der Waals surface area contributed by atoms with Gasteiger partial charge in [0.1, 0.15) is 0 Å². The van der Waals surface area contributed by atoms with Crippen LogP contribution in [-0.2, 0) is 0 Å². The third-order valence-electron chi connectivity index (χ3n) is 11.7. The summed E-state index contributed by atoms with van der Waals surface area (Å²) in [4.78, 5) is 10.1. The molecule has 0 bridgehead atoms. The van der Waals surface area contributed by atoms with Gasteiger partial charge in [0.25, 0.3) is 0 Å². The van der Waals surface area contributed by atoms with Gasteiger partial charge in [-0.2, -0.15) is 0 Å². The minimum Gasteiger partial charge on any atom is -0.228 e. The van der Waals surface area contributed by atoms with Gasteiger partial charge in [0.05, 0.1) is 11.4 Å². The number of nitrogens with zero attached hydrogens (tertiary/aromatic N) is 2. The number of rotatable bonds is 6. The minimum absolute atomic E-state index is 0.108. The lowest BCUT2D eigenvalue weighted by molar-refractivity contribution is 1.12. The Hall–Kier alpha value is -7.42. The van der Waals surface area contributed by atoms with Crippen molar-refractivity contribution in [3.63, 3.8) is 0 Å². The highest BCUT2D eigenvalue weighted by atomic mass is 14.9. The zero-order valence-electron chi connectivity index (χ0n) is 31.2. The van der Waals surface area contributed by atoms with Gasteiger partial charge in [0, 0.05) is 22.6 Å². The Kier molecular flexibility index (Phi) is 7.75. The first-order chi connectivity index (χ1) is 28.2. The molecule has 0 spiro atoms. The van der Waals surface area contributed by atoms with Crippen LogP contribution in [0, 0.1) is 0 Å². The molecule has 266 valence electrons. The summed E-state index contributed by atoms with van der Waals surface area (Å²) in [6, 6.07) is 64.9. The summed E-state index contributed by atoms with van der Waals surface area (Å²) in [5.74, 6) is 0.828. The van der Waals surface area contributed by atoms with E-state index in [0.717, 1.165) is 39.5 Å². The van der Waals surface area contributed by atoms with E-state index in [9.17, 15) is 0 Å². The molecule has 2 heteroatoms. The Bertz CT molecular complexity index is 3050. The van der Waals surface area contributed by atoms with Crippen molar-refractivity contribution in [2.75, 3.05) is 0 Å². The third kappa shape index (κ3) is 5.49. The maximum absolute atomic E-state index is 5.08. The fourth-order valence-electron chi connectivity index (χ4n) is 9.02. The van der Waals surface area contributed by atoms with E-state index in [0.29, 0.717) is 0 Å². The Morgan fingerprint density at radius 3 is 1.75 bits per heavy atom. The molecule has 1 aromatic heterocycles. The molecular weight excluding hydrogens is 689 g/mol. The lowest BCUT2D eigenvalue weighted by atomic mass is 9.84. The molecule has 57 heavy (non-hydrogen) atoms. The SMILES string of the molecule is C=C1c2c(cccc2-c2cccc3ccccc23)-c2cc(C3=CC=CC3c3ccc(-c4cc(-c5ccccc5)nc(-c5ccccc5)n4)cc3)c3ccccc3c21. The van der Waals surface area contributed by atoms with Gasteiger partial charge in [0.2, 0.25) is 0 Å². The van der Waals surface area contributed by atoms with Crippen LogP contribution in [0.5, 0.6) is 0 Å². The maximum Gasteiger partial charge on any atom is 0.160 e. The summed E-state index contributed by atoms with van der Waals surface area (Å²) in [7, 11) is 0. The average molecular weight is 725 g/mol. The molecule has 0 saturated carbocycles. The van der Waals surface area contributed by atoms with Gasteiger partial charge in [-0.15, -0.1) is 0 Å². The van der Waals surface area contributed by atoms with Gasteiger partial charge in [-0.05, 0) is 89.3 Å². The first-order valence-corrected chi connectivity index (χ1v) is 19.6. The van der Waals surface area contributed by atoms with Crippen LogP contribution >= 0.6 is 0 Å². The van der Waals surface area contributed by atoms with E-state index >= 15 is 0 Å². The van der Waals surface area contributed by atoms with Crippen LogP contribution in [0.3, 0.4) is 0 Å². The van der Waals surface area contributed by atoms with E-state index in [1.165, 1.54) is 71.6 Å². The molecule has 1 atom stereocenters. The molecule has 1 heterocycles. The Balaban J connectivity index is 0.991. The molecule has 0 saturated heterocycles. The van der Waals surface area contributed by atoms with Crippen molar-refractivity contribution < 1.29 is 0 Å². The second-order valence-electron chi connectivity index (χ2n) is 14.9. The highest BCUT2D eigenvalue weighted by Crippen LogP contribution is 2.53. The van der Waals surface area contributed by atoms with Gasteiger partial charge < -0.3 is 0 Å². The Morgan fingerprint density at radius 2 is 1.00 bits per heavy atom. The van der Waals surface area contributed by atoms with Gasteiger partial charge in [-0.25, -0.2) is 9.97 Å². The molecule has 0 N–H and O–H groups in total. The number of allylic oxidation sites excluding steroid dienone is 4. The van der Waals surface area contributed by atoms with Crippen molar-refractivity contribution in [1.29, 1.82) is 0 Å². The molecule has 0 fully saturated rings. The first-order valence-electron chi connectivity index (χ1n) is 19.6. The highest BCUT2D eigenvalue weighted by Gasteiger charge is 2.30. The number of fused-ring (bicyclic) bond motifs is 6. The molecule has 2 aliphatic carbocycles. The van der Waals surface area contributed by atoms with Crippen LogP contribution in [0.15, 0.2) is 207 Å². The van der Waals surface area contributed by atoms with E-state index < -0.39 is 0 Å². The summed E-state index contributed by atoms with van der Waals surface area (Å²) in [5, 5.41) is 4.99. The predicted octanol–water partition coefficient (Wildman–Crippen LogP) is 14.2. The Labute approximate surface area is 332 Å². The average Bonchev–Trinajstić information content (AvgIpc) is 3.89. The third-order valence-corrected chi connectivity index (χ3v) is 11.7. The summed E-state index contributed by atoms with van der Waals surface area (Å²) in [6.07, 6.45) is 6.83. The van der Waals surface area contributed by atoms with Crippen molar-refractivity contribution in [3.8, 4) is 56.2 Å². The first kappa shape index (κ1) is 33.0. The molecule has 11 rings (SSSR count). The fourth-order valence-corrected chi connectivity index (χ4v) is 9.02. The number of aromatic nitrogens is 2. The topological polar surface area (TPSA) is 25.8 Å². The largest absolute Gasteiger partial charge is 0.228 e. The van der Waals surface area contributed by atoms with E-state index in [-0.39, 0.29) is 5.92 Å². The molecule has 2 aliphatic rings. The van der Waals surface area contributed by atoms with Crippen LogP contribution in [0.2, 0.25) is 0 Å². The number of hydrogen-bond donors (Lipinski definition) is 0. The molecule has 0 amide bonds. The highest BCUT2D eigenvalue weighted by molar-refractivity contribution is 6.16. The molecule has 0 aliphatic heterocycles. The summed E-state index contributed by atoms with van der Waals surface area (Å²) in [6.45, 7) is 4.79. The second-order valence-corrected chi connectivity index (χ2v) is 14.9. The van der Waals surface area contributed by atoms with E-state index in [1.807, 2.05) is 24.3 Å². The van der Waals surface area contributed by atoms with E-state index in [4.69, 9.17) is 16.5 Å². The van der Waals surface area contributed by atoms with E-state index in [2.05, 4.69) is 176 Å². The molecule has 2 nitrogen and oxygen atoms in total. The van der Waals surface area contributed by atoms with Gasteiger partial charge in [-0.1, -0.05) is 195 Å². The van der Waals surface area contributed by atoms with Gasteiger partial charge in [0.15, 0.2) is 5.82 Å².